The van der Waals surface area contributed by atoms with Crippen LogP contribution in [0.5, 0.6) is 5.75 Å². The van der Waals surface area contributed by atoms with Crippen molar-refractivity contribution in [3.8, 4) is 5.75 Å². The van der Waals surface area contributed by atoms with Crippen molar-refractivity contribution in [1.82, 2.24) is 5.32 Å². The maximum atomic E-state index is 13.3. The molecule has 156 valence electrons. The van der Waals surface area contributed by atoms with Crippen LogP contribution in [-0.4, -0.2) is 28.0 Å². The van der Waals surface area contributed by atoms with Crippen molar-refractivity contribution in [2.45, 2.75) is 18.4 Å². The second-order valence-corrected chi connectivity index (χ2v) is 8.65. The number of rotatable bonds is 8. The van der Waals surface area contributed by atoms with Gasteiger partial charge in [0.2, 0.25) is 5.91 Å². The Morgan fingerprint density at radius 3 is 2.30 bits per heavy atom. The zero-order chi connectivity index (χ0) is 21.6. The summed E-state index contributed by atoms with van der Waals surface area (Å²) in [7, 11) is -2.31. The summed E-state index contributed by atoms with van der Waals surface area (Å²) in [5.74, 6) is 0.330. The summed E-state index contributed by atoms with van der Waals surface area (Å²) >= 11 is 0. The van der Waals surface area contributed by atoms with Gasteiger partial charge in [-0.2, -0.15) is 0 Å². The van der Waals surface area contributed by atoms with Crippen molar-refractivity contribution in [3.05, 3.63) is 90.0 Å². The predicted octanol–water partition coefficient (Wildman–Crippen LogP) is 3.52. The van der Waals surface area contributed by atoms with Gasteiger partial charge in [-0.15, -0.1) is 0 Å². The first-order chi connectivity index (χ1) is 14.4. The fraction of sp³-hybridized carbons (Fsp3) is 0.174. The Morgan fingerprint density at radius 2 is 1.67 bits per heavy atom. The van der Waals surface area contributed by atoms with Gasteiger partial charge in [0, 0.05) is 6.54 Å². The Labute approximate surface area is 177 Å². The minimum atomic E-state index is -3.90. The number of amides is 1. The molecular weight excluding hydrogens is 400 g/mol. The zero-order valence-corrected chi connectivity index (χ0v) is 17.7. The lowest BCUT2D eigenvalue weighted by molar-refractivity contribution is -0.119. The van der Waals surface area contributed by atoms with Gasteiger partial charge in [0.1, 0.15) is 12.3 Å². The van der Waals surface area contributed by atoms with Crippen LogP contribution in [0.4, 0.5) is 5.69 Å². The average Bonchev–Trinajstić information content (AvgIpc) is 2.77. The lowest BCUT2D eigenvalue weighted by Gasteiger charge is -2.24. The normalized spacial score (nSPS) is 11.0. The number of methoxy groups -OCH3 is 1. The molecule has 0 aromatic heterocycles. The van der Waals surface area contributed by atoms with E-state index in [0.717, 1.165) is 21.2 Å². The molecule has 30 heavy (non-hydrogen) atoms. The molecule has 0 saturated heterocycles. The van der Waals surface area contributed by atoms with E-state index in [9.17, 15) is 13.2 Å². The largest absolute Gasteiger partial charge is 0.497 e. The van der Waals surface area contributed by atoms with Crippen molar-refractivity contribution in [2.24, 2.45) is 0 Å². The number of carbonyl (C=O) groups excluding carboxylic acids is 1. The monoisotopic (exact) mass is 424 g/mol. The molecule has 0 atom stereocenters. The van der Waals surface area contributed by atoms with Crippen molar-refractivity contribution in [1.29, 1.82) is 0 Å². The molecule has 7 heteroatoms. The van der Waals surface area contributed by atoms with Gasteiger partial charge >= 0.3 is 0 Å². The van der Waals surface area contributed by atoms with Gasteiger partial charge in [-0.1, -0.05) is 42.5 Å². The van der Waals surface area contributed by atoms with Crippen LogP contribution < -0.4 is 14.4 Å². The molecule has 0 aliphatic carbocycles. The highest BCUT2D eigenvalue weighted by Gasteiger charge is 2.27. The summed E-state index contributed by atoms with van der Waals surface area (Å²) in [5.41, 5.74) is 2.23. The first-order valence-electron chi connectivity index (χ1n) is 9.44. The molecule has 1 N–H and O–H groups in total. The molecule has 0 aliphatic heterocycles. The fourth-order valence-corrected chi connectivity index (χ4v) is 4.38. The average molecular weight is 425 g/mol. The van der Waals surface area contributed by atoms with Crippen LogP contribution in [0.3, 0.4) is 0 Å². The van der Waals surface area contributed by atoms with Gasteiger partial charge in [0.15, 0.2) is 0 Å². The second kappa shape index (κ2) is 9.45. The van der Waals surface area contributed by atoms with Crippen LogP contribution in [0, 0.1) is 6.92 Å². The SMILES string of the molecule is COc1ccc(CNC(=O)CN(c2cccc(C)c2)S(=O)(=O)c2ccccc2)cc1. The number of sulfonamides is 1. The van der Waals surface area contributed by atoms with Crippen LogP contribution in [0.25, 0.3) is 0 Å². The van der Waals surface area contributed by atoms with Crippen LogP contribution in [-0.2, 0) is 21.4 Å². The highest BCUT2D eigenvalue weighted by atomic mass is 32.2. The van der Waals surface area contributed by atoms with E-state index in [-0.39, 0.29) is 18.0 Å². The smallest absolute Gasteiger partial charge is 0.264 e. The summed E-state index contributed by atoms with van der Waals surface area (Å²) in [6, 6.07) is 22.5. The first-order valence-corrected chi connectivity index (χ1v) is 10.9. The van der Waals surface area contributed by atoms with Crippen molar-refractivity contribution >= 4 is 21.6 Å². The van der Waals surface area contributed by atoms with Gasteiger partial charge < -0.3 is 10.1 Å². The number of nitrogens with one attached hydrogen (secondary N) is 1. The highest BCUT2D eigenvalue weighted by molar-refractivity contribution is 7.92. The molecule has 0 aliphatic rings. The third kappa shape index (κ3) is 5.18. The van der Waals surface area contributed by atoms with Gasteiger partial charge in [-0.25, -0.2) is 8.42 Å². The molecule has 0 saturated carbocycles. The molecule has 3 aromatic rings. The Morgan fingerprint density at radius 1 is 0.967 bits per heavy atom. The van der Waals surface area contributed by atoms with E-state index in [1.807, 2.05) is 25.1 Å². The minimum absolute atomic E-state index is 0.134. The topological polar surface area (TPSA) is 75.7 Å². The summed E-state index contributed by atoms with van der Waals surface area (Å²) in [5, 5.41) is 2.79. The molecule has 0 bridgehead atoms. The van der Waals surface area contributed by atoms with Gasteiger partial charge in [0.25, 0.3) is 10.0 Å². The Hall–Kier alpha value is -3.32. The predicted molar refractivity (Wildman–Crippen MR) is 117 cm³/mol. The van der Waals surface area contributed by atoms with E-state index < -0.39 is 15.9 Å². The van der Waals surface area contributed by atoms with Gasteiger partial charge in [-0.05, 0) is 54.4 Å². The van der Waals surface area contributed by atoms with Crippen molar-refractivity contribution in [2.75, 3.05) is 18.0 Å². The second-order valence-electron chi connectivity index (χ2n) is 6.79. The molecule has 3 aromatic carbocycles. The van der Waals surface area contributed by atoms with E-state index >= 15 is 0 Å². The maximum absolute atomic E-state index is 13.3. The maximum Gasteiger partial charge on any atom is 0.264 e. The number of carbonyl (C=O) groups is 1. The molecule has 0 spiro atoms. The van der Waals surface area contributed by atoms with E-state index in [1.54, 1.807) is 55.6 Å². The summed E-state index contributed by atoms with van der Waals surface area (Å²) < 4.78 is 32.8. The van der Waals surface area contributed by atoms with Gasteiger partial charge in [0.05, 0.1) is 17.7 Å². The van der Waals surface area contributed by atoms with Crippen LogP contribution in [0.1, 0.15) is 11.1 Å². The number of hydrogen-bond donors (Lipinski definition) is 1. The first kappa shape index (κ1) is 21.4. The number of anilines is 1. The minimum Gasteiger partial charge on any atom is -0.497 e. The van der Waals surface area contributed by atoms with Crippen molar-refractivity contribution < 1.29 is 17.9 Å². The molecule has 0 radical (unpaired) electrons. The number of benzene rings is 3. The number of hydrogen-bond acceptors (Lipinski definition) is 4. The molecule has 0 fully saturated rings. The lowest BCUT2D eigenvalue weighted by Crippen LogP contribution is -2.40. The van der Waals surface area contributed by atoms with Crippen LogP contribution >= 0.6 is 0 Å². The number of ether oxygens (including phenoxy) is 1. The molecule has 0 heterocycles. The third-order valence-electron chi connectivity index (χ3n) is 4.56. The summed E-state index contributed by atoms with van der Waals surface area (Å²) in [4.78, 5) is 12.8. The van der Waals surface area contributed by atoms with E-state index in [1.165, 1.54) is 12.1 Å². The number of nitrogens with zero attached hydrogens (tertiary/aromatic N) is 1. The Kier molecular flexibility index (Phi) is 6.74. The number of aryl methyl sites for hydroxylation is 1. The van der Waals surface area contributed by atoms with E-state index in [0.29, 0.717) is 5.69 Å². The molecule has 3 rings (SSSR count). The Bertz CT molecular complexity index is 1100. The van der Waals surface area contributed by atoms with Crippen LogP contribution in [0.2, 0.25) is 0 Å². The highest BCUT2D eigenvalue weighted by Crippen LogP contribution is 2.24. The summed E-state index contributed by atoms with van der Waals surface area (Å²) in [6.07, 6.45) is 0. The van der Waals surface area contributed by atoms with Gasteiger partial charge in [-0.3, -0.25) is 9.10 Å². The fourth-order valence-electron chi connectivity index (χ4n) is 2.95. The molecular formula is C23H24N2O4S. The van der Waals surface area contributed by atoms with E-state index in [2.05, 4.69) is 5.32 Å². The molecule has 1 amide bonds. The Balaban J connectivity index is 1.81. The van der Waals surface area contributed by atoms with E-state index in [4.69, 9.17) is 4.74 Å². The van der Waals surface area contributed by atoms with Crippen molar-refractivity contribution in [3.63, 3.8) is 0 Å². The molecule has 6 nitrogen and oxygen atoms in total. The third-order valence-corrected chi connectivity index (χ3v) is 6.34. The standard InChI is InChI=1S/C23H24N2O4S/c1-18-7-6-8-20(15-18)25(30(27,28)22-9-4-3-5-10-22)17-23(26)24-16-19-11-13-21(29-2)14-12-19/h3-15H,16-17H2,1-2H3,(H,24,26). The lowest BCUT2D eigenvalue weighted by atomic mass is 10.2. The van der Waals surface area contributed by atoms with Crippen LogP contribution in [0.15, 0.2) is 83.8 Å². The quantitative estimate of drug-likeness (QED) is 0.600. The summed E-state index contributed by atoms with van der Waals surface area (Å²) in [6.45, 7) is 1.84. The molecule has 0 unspecified atom stereocenters. The zero-order valence-electron chi connectivity index (χ0n) is 16.9.